The summed E-state index contributed by atoms with van der Waals surface area (Å²) in [7, 11) is 5.47. The zero-order valence-corrected chi connectivity index (χ0v) is 8.88. The molecule has 1 aromatic rings. The van der Waals surface area contributed by atoms with Crippen LogP contribution in [0, 0.1) is 0 Å². The van der Waals surface area contributed by atoms with Crippen molar-refractivity contribution in [1.29, 1.82) is 0 Å². The van der Waals surface area contributed by atoms with E-state index < -0.39 is 18.5 Å². The molecule has 0 aliphatic carbocycles. The Morgan fingerprint density at radius 2 is 1.90 bits per heavy atom. The third-order valence-electron chi connectivity index (χ3n) is 0.970. The van der Waals surface area contributed by atoms with Crippen LogP contribution < -0.4 is 3.32 Å². The second-order valence-electron chi connectivity index (χ2n) is 1.63. The second kappa shape index (κ2) is 4.40. The van der Waals surface area contributed by atoms with Gasteiger partial charge in [-0.05, 0) is 0 Å². The number of benzene rings is 1. The summed E-state index contributed by atoms with van der Waals surface area (Å²) >= 11 is 2.58. The number of hydrogen-bond acceptors (Lipinski definition) is 1. The summed E-state index contributed by atoms with van der Waals surface area (Å²) in [6, 6.07) is 7.62. The molecule has 10 heavy (non-hydrogen) atoms. The van der Waals surface area contributed by atoms with Crippen molar-refractivity contribution in [3.05, 3.63) is 28.7 Å². The molecule has 1 aromatic carbocycles. The Morgan fingerprint density at radius 1 is 1.30 bits per heavy atom. The fourth-order valence-electron chi connectivity index (χ4n) is 0.547. The molecule has 0 aliphatic heterocycles. The summed E-state index contributed by atoms with van der Waals surface area (Å²) in [5, 5.41) is 0. The molecule has 0 fully saturated rings. The molecule has 0 aromatic heterocycles. The first-order valence-electron chi connectivity index (χ1n) is 2.61. The van der Waals surface area contributed by atoms with Crippen molar-refractivity contribution in [3.63, 3.8) is 0 Å². The second-order valence-corrected chi connectivity index (χ2v) is 3.74. The molecule has 0 heterocycles. The van der Waals surface area contributed by atoms with Crippen molar-refractivity contribution >= 4 is 25.2 Å². The monoisotopic (exact) mass is 254 g/mol. The van der Waals surface area contributed by atoms with Gasteiger partial charge >= 0.3 is 81.5 Å². The normalized spacial score (nSPS) is 9.00. The average Bonchev–Trinajstić information content (AvgIpc) is 1.95. The van der Waals surface area contributed by atoms with Crippen LogP contribution >= 0.6 is 25.2 Å². The fraction of sp³-hybridized carbons (Fsp3) is 0. The molecule has 0 saturated heterocycles. The van der Waals surface area contributed by atoms with E-state index in [-0.39, 0.29) is 0 Å². The third-order valence-corrected chi connectivity index (χ3v) is 2.31. The standard InChI is InChI=1S/C6H5BrO.ClH.Ti/c7-5-1-3-6(8)4-2-5;;/h1-4,8H;1H;/q;;+2/p-2. The molecule has 0 atom stereocenters. The Kier molecular flexibility index (Phi) is 3.78. The van der Waals surface area contributed by atoms with E-state index in [1.165, 1.54) is 0 Å². The van der Waals surface area contributed by atoms with Crippen LogP contribution in [0.2, 0.25) is 0 Å². The van der Waals surface area contributed by atoms with Gasteiger partial charge in [-0.2, -0.15) is 0 Å². The van der Waals surface area contributed by atoms with Gasteiger partial charge in [-0.15, -0.1) is 0 Å². The van der Waals surface area contributed by atoms with Gasteiger partial charge in [-0.25, -0.2) is 0 Å². The zero-order chi connectivity index (χ0) is 7.40. The van der Waals surface area contributed by atoms with Crippen molar-refractivity contribution < 1.29 is 21.8 Å². The van der Waals surface area contributed by atoms with Crippen LogP contribution in [0.1, 0.15) is 0 Å². The van der Waals surface area contributed by atoms with E-state index in [0.29, 0.717) is 0 Å². The van der Waals surface area contributed by atoms with E-state index in [1.807, 2.05) is 24.3 Å². The van der Waals surface area contributed by atoms with Gasteiger partial charge in [0.15, 0.2) is 0 Å². The van der Waals surface area contributed by atoms with Crippen LogP contribution in [0.3, 0.4) is 0 Å². The Bertz CT molecular complexity index is 201. The first-order chi connectivity index (χ1) is 4.83. The average molecular weight is 255 g/mol. The van der Waals surface area contributed by atoms with Crippen LogP contribution in [0.5, 0.6) is 5.75 Å². The molecule has 0 N–H and O–H groups in total. The zero-order valence-electron chi connectivity index (χ0n) is 4.97. The van der Waals surface area contributed by atoms with E-state index in [9.17, 15) is 0 Å². The van der Waals surface area contributed by atoms with Crippen molar-refractivity contribution in [2.24, 2.45) is 0 Å². The molecule has 0 saturated carbocycles. The van der Waals surface area contributed by atoms with Crippen molar-refractivity contribution in [2.75, 3.05) is 0 Å². The molecule has 0 aliphatic rings. The first kappa shape index (κ1) is 8.60. The number of hydrogen-bond donors (Lipinski definition) is 0. The SMILES string of the molecule is [Cl][Ti][O]c1ccc(Br)cc1. The molecule has 0 amide bonds. The van der Waals surface area contributed by atoms with Gasteiger partial charge in [0.05, 0.1) is 0 Å². The summed E-state index contributed by atoms with van der Waals surface area (Å²) < 4.78 is 6.18. The number of halogens is 2. The maximum absolute atomic E-state index is 5.47. The van der Waals surface area contributed by atoms with Crippen molar-refractivity contribution in [3.8, 4) is 5.75 Å². The summed E-state index contributed by atoms with van der Waals surface area (Å²) in [6.45, 7) is 0. The number of rotatable bonds is 2. The van der Waals surface area contributed by atoms with E-state index >= 15 is 0 Å². The van der Waals surface area contributed by atoms with Gasteiger partial charge in [-0.3, -0.25) is 0 Å². The minimum absolute atomic E-state index is 0.736. The molecule has 0 radical (unpaired) electrons. The molecule has 1 nitrogen and oxygen atoms in total. The molecule has 0 spiro atoms. The van der Waals surface area contributed by atoms with E-state index in [0.717, 1.165) is 10.2 Å². The Balaban J connectivity index is 2.69. The van der Waals surface area contributed by atoms with E-state index in [2.05, 4.69) is 15.9 Å². The molecule has 52 valence electrons. The van der Waals surface area contributed by atoms with E-state index in [1.54, 1.807) is 0 Å². The molecule has 1 rings (SSSR count). The van der Waals surface area contributed by atoms with Crippen LogP contribution in [0.15, 0.2) is 28.7 Å². The summed E-state index contributed by atoms with van der Waals surface area (Å²) in [6.07, 6.45) is 0. The van der Waals surface area contributed by atoms with Crippen LogP contribution in [0.4, 0.5) is 0 Å². The van der Waals surface area contributed by atoms with Crippen LogP contribution in [0.25, 0.3) is 0 Å². The quantitative estimate of drug-likeness (QED) is 0.738. The predicted molar refractivity (Wildman–Crippen MR) is 40.6 cm³/mol. The predicted octanol–water partition coefficient (Wildman–Crippen LogP) is 2.98. The van der Waals surface area contributed by atoms with Crippen molar-refractivity contribution in [1.82, 2.24) is 0 Å². The molecule has 0 bridgehead atoms. The van der Waals surface area contributed by atoms with Crippen LogP contribution in [-0.4, -0.2) is 0 Å². The molecule has 4 heteroatoms. The molecular formula is C6H4BrClOTi. The molecule has 0 unspecified atom stereocenters. The van der Waals surface area contributed by atoms with Gasteiger partial charge in [0.1, 0.15) is 0 Å². The summed E-state index contributed by atoms with van der Waals surface area (Å²) in [5.41, 5.74) is 0. The Hall–Kier alpha value is 0.504. The molecular weight excluding hydrogens is 251 g/mol. The van der Waals surface area contributed by atoms with Gasteiger partial charge in [0.2, 0.25) is 0 Å². The first-order valence-corrected chi connectivity index (χ1v) is 6.19. The third kappa shape index (κ3) is 2.63. The van der Waals surface area contributed by atoms with Gasteiger partial charge in [0.25, 0.3) is 0 Å². The minimum atomic E-state index is -0.736. The maximum atomic E-state index is 5.47. The van der Waals surface area contributed by atoms with Gasteiger partial charge < -0.3 is 0 Å². The Morgan fingerprint density at radius 3 is 2.40 bits per heavy atom. The Labute approximate surface area is 81.1 Å². The van der Waals surface area contributed by atoms with Gasteiger partial charge in [0, 0.05) is 0 Å². The topological polar surface area (TPSA) is 9.23 Å². The summed E-state index contributed by atoms with van der Waals surface area (Å²) in [4.78, 5) is 0. The van der Waals surface area contributed by atoms with Crippen molar-refractivity contribution in [2.45, 2.75) is 0 Å². The van der Waals surface area contributed by atoms with Crippen LogP contribution in [-0.2, 0) is 18.5 Å². The van der Waals surface area contributed by atoms with E-state index in [4.69, 9.17) is 12.6 Å². The fourth-order valence-corrected chi connectivity index (χ4v) is 1.53. The summed E-state index contributed by atoms with van der Waals surface area (Å²) in [5.74, 6) is 0.846. The van der Waals surface area contributed by atoms with Gasteiger partial charge in [-0.1, -0.05) is 0 Å².